The number of nitrogens with zero attached hydrogens (tertiary/aromatic N) is 3. The highest BCUT2D eigenvalue weighted by molar-refractivity contribution is 7.89. The Morgan fingerprint density at radius 1 is 1.46 bits per heavy atom. The summed E-state index contributed by atoms with van der Waals surface area (Å²) in [6.45, 7) is 4.35. The molecule has 2 aromatic rings. The number of hydrogen-bond donors (Lipinski definition) is 2. The van der Waals surface area contributed by atoms with E-state index < -0.39 is 10.0 Å². The molecule has 7 nitrogen and oxygen atoms in total. The van der Waals surface area contributed by atoms with Crippen LogP contribution in [0.25, 0.3) is 11.0 Å². The molecule has 1 saturated heterocycles. The molecule has 0 aromatic carbocycles. The van der Waals surface area contributed by atoms with Gasteiger partial charge in [0, 0.05) is 25.2 Å². The standard InChI is InChI=1S/C15H23N5O2S.ClH/c1-11-14-8-13(10-17-15(14)20(2)19-11)23(21,22)18-7-5-12-4-3-6-16-9-12;/h8,10,12,16,18H,3-7,9H2,1-2H3;1H. The summed E-state index contributed by atoms with van der Waals surface area (Å²) in [6, 6.07) is 1.65. The maximum atomic E-state index is 12.4. The predicted octanol–water partition coefficient (Wildman–Crippen LogP) is 1.37. The molecule has 3 rings (SSSR count). The Bertz CT molecular complexity index is 800. The number of halogens is 1. The minimum absolute atomic E-state index is 0. The van der Waals surface area contributed by atoms with Gasteiger partial charge in [-0.3, -0.25) is 4.68 Å². The predicted molar refractivity (Wildman–Crippen MR) is 95.9 cm³/mol. The second-order valence-corrected chi connectivity index (χ2v) is 7.92. The zero-order chi connectivity index (χ0) is 16.4. The molecule has 2 N–H and O–H groups in total. The molecule has 0 bridgehead atoms. The van der Waals surface area contributed by atoms with Crippen molar-refractivity contribution in [2.24, 2.45) is 13.0 Å². The lowest BCUT2D eigenvalue weighted by Gasteiger charge is -2.22. The van der Waals surface area contributed by atoms with Gasteiger partial charge in [-0.15, -0.1) is 12.4 Å². The Balaban J connectivity index is 0.00000208. The first-order valence-electron chi connectivity index (χ1n) is 7.97. The van der Waals surface area contributed by atoms with Crippen LogP contribution in [-0.4, -0.2) is 42.8 Å². The third-order valence-corrected chi connectivity index (χ3v) is 5.82. The summed E-state index contributed by atoms with van der Waals surface area (Å²) in [4.78, 5) is 4.43. The maximum absolute atomic E-state index is 12.4. The molecule has 2 aromatic heterocycles. The van der Waals surface area contributed by atoms with Crippen LogP contribution in [0.3, 0.4) is 0 Å². The van der Waals surface area contributed by atoms with Gasteiger partial charge in [-0.1, -0.05) is 0 Å². The zero-order valence-corrected chi connectivity index (χ0v) is 15.6. The Morgan fingerprint density at radius 3 is 2.96 bits per heavy atom. The molecule has 24 heavy (non-hydrogen) atoms. The van der Waals surface area contributed by atoms with E-state index >= 15 is 0 Å². The quantitative estimate of drug-likeness (QED) is 0.826. The largest absolute Gasteiger partial charge is 0.316 e. The molecule has 0 amide bonds. The van der Waals surface area contributed by atoms with E-state index in [1.165, 1.54) is 6.20 Å². The van der Waals surface area contributed by atoms with E-state index in [4.69, 9.17) is 0 Å². The van der Waals surface area contributed by atoms with Crippen LogP contribution in [-0.2, 0) is 17.1 Å². The van der Waals surface area contributed by atoms with Crippen LogP contribution in [0.2, 0.25) is 0 Å². The summed E-state index contributed by atoms with van der Waals surface area (Å²) < 4.78 is 29.2. The lowest BCUT2D eigenvalue weighted by atomic mass is 9.96. The number of rotatable bonds is 5. The Kier molecular flexibility index (Phi) is 6.19. The molecular formula is C15H24ClN5O2S. The van der Waals surface area contributed by atoms with Gasteiger partial charge in [0.25, 0.3) is 0 Å². The fourth-order valence-electron chi connectivity index (χ4n) is 3.09. The van der Waals surface area contributed by atoms with Gasteiger partial charge in [-0.05, 0) is 51.3 Å². The van der Waals surface area contributed by atoms with Crippen molar-refractivity contribution in [2.45, 2.75) is 31.1 Å². The fourth-order valence-corrected chi connectivity index (χ4v) is 4.10. The van der Waals surface area contributed by atoms with Crippen LogP contribution in [0.1, 0.15) is 25.0 Å². The molecule has 1 aliphatic heterocycles. The minimum atomic E-state index is -3.53. The van der Waals surface area contributed by atoms with Crippen LogP contribution in [0, 0.1) is 12.8 Å². The number of aromatic nitrogens is 3. The minimum Gasteiger partial charge on any atom is -0.316 e. The molecule has 1 unspecified atom stereocenters. The zero-order valence-electron chi connectivity index (χ0n) is 13.9. The number of nitrogens with one attached hydrogen (secondary N) is 2. The number of hydrogen-bond acceptors (Lipinski definition) is 5. The Labute approximate surface area is 148 Å². The van der Waals surface area contributed by atoms with Crippen molar-refractivity contribution in [1.29, 1.82) is 0 Å². The van der Waals surface area contributed by atoms with Crippen LogP contribution < -0.4 is 10.0 Å². The molecule has 1 aliphatic rings. The third kappa shape index (κ3) is 4.05. The van der Waals surface area contributed by atoms with E-state index in [1.54, 1.807) is 17.8 Å². The lowest BCUT2D eigenvalue weighted by Crippen LogP contribution is -2.33. The van der Waals surface area contributed by atoms with Gasteiger partial charge in [0.15, 0.2) is 5.65 Å². The Morgan fingerprint density at radius 2 is 2.25 bits per heavy atom. The summed E-state index contributed by atoms with van der Waals surface area (Å²) in [5.74, 6) is 0.549. The summed E-state index contributed by atoms with van der Waals surface area (Å²) in [6.07, 6.45) is 4.58. The summed E-state index contributed by atoms with van der Waals surface area (Å²) in [5.41, 5.74) is 1.47. The number of piperidine rings is 1. The van der Waals surface area contributed by atoms with Gasteiger partial charge in [0.05, 0.1) is 5.69 Å². The topological polar surface area (TPSA) is 88.9 Å². The van der Waals surface area contributed by atoms with E-state index in [9.17, 15) is 8.42 Å². The van der Waals surface area contributed by atoms with Crippen molar-refractivity contribution < 1.29 is 8.42 Å². The summed E-state index contributed by atoms with van der Waals surface area (Å²) in [7, 11) is -1.73. The van der Waals surface area contributed by atoms with Gasteiger partial charge in [-0.2, -0.15) is 5.10 Å². The SMILES string of the molecule is Cc1nn(C)c2ncc(S(=O)(=O)NCCC3CCCNC3)cc12.Cl. The molecule has 0 spiro atoms. The second-order valence-electron chi connectivity index (χ2n) is 6.15. The fraction of sp³-hybridized carbons (Fsp3) is 0.600. The highest BCUT2D eigenvalue weighted by Gasteiger charge is 2.18. The smallest absolute Gasteiger partial charge is 0.242 e. The van der Waals surface area contributed by atoms with Gasteiger partial charge in [0.2, 0.25) is 10.0 Å². The highest BCUT2D eigenvalue weighted by atomic mass is 35.5. The first-order valence-corrected chi connectivity index (χ1v) is 9.45. The van der Waals surface area contributed by atoms with Crippen molar-refractivity contribution >= 4 is 33.5 Å². The molecular weight excluding hydrogens is 350 g/mol. The average Bonchev–Trinajstić information content (AvgIpc) is 2.82. The van der Waals surface area contributed by atoms with Crippen molar-refractivity contribution in [3.63, 3.8) is 0 Å². The molecule has 9 heteroatoms. The van der Waals surface area contributed by atoms with Crippen LogP contribution in [0.4, 0.5) is 0 Å². The molecule has 3 heterocycles. The molecule has 1 fully saturated rings. The van der Waals surface area contributed by atoms with Crippen LogP contribution in [0.5, 0.6) is 0 Å². The highest BCUT2D eigenvalue weighted by Crippen LogP contribution is 2.19. The van der Waals surface area contributed by atoms with Gasteiger partial charge < -0.3 is 5.32 Å². The third-order valence-electron chi connectivity index (χ3n) is 4.39. The van der Waals surface area contributed by atoms with Gasteiger partial charge in [-0.25, -0.2) is 18.1 Å². The Hall–Kier alpha value is -1.22. The van der Waals surface area contributed by atoms with Crippen LogP contribution in [0.15, 0.2) is 17.2 Å². The van der Waals surface area contributed by atoms with E-state index in [1.807, 2.05) is 6.92 Å². The molecule has 0 aliphatic carbocycles. The van der Waals surface area contributed by atoms with E-state index in [-0.39, 0.29) is 17.3 Å². The first-order chi connectivity index (χ1) is 11.0. The van der Waals surface area contributed by atoms with Gasteiger partial charge in [0.1, 0.15) is 4.90 Å². The van der Waals surface area contributed by atoms with Crippen molar-refractivity contribution in [2.75, 3.05) is 19.6 Å². The van der Waals surface area contributed by atoms with E-state index in [0.29, 0.717) is 18.1 Å². The normalized spacial score (nSPS) is 18.5. The molecule has 0 radical (unpaired) electrons. The molecule has 134 valence electrons. The monoisotopic (exact) mass is 373 g/mol. The van der Waals surface area contributed by atoms with E-state index in [0.717, 1.165) is 43.4 Å². The maximum Gasteiger partial charge on any atom is 0.242 e. The summed E-state index contributed by atoms with van der Waals surface area (Å²) >= 11 is 0. The van der Waals surface area contributed by atoms with Crippen LogP contribution >= 0.6 is 12.4 Å². The van der Waals surface area contributed by atoms with E-state index in [2.05, 4.69) is 20.1 Å². The number of aryl methyl sites for hydroxylation is 2. The number of fused-ring (bicyclic) bond motifs is 1. The lowest BCUT2D eigenvalue weighted by molar-refractivity contribution is 0.358. The molecule has 1 atom stereocenters. The van der Waals surface area contributed by atoms with Crippen molar-refractivity contribution in [1.82, 2.24) is 24.8 Å². The first kappa shape index (κ1) is 19.1. The second kappa shape index (κ2) is 7.77. The van der Waals surface area contributed by atoms with Gasteiger partial charge >= 0.3 is 0 Å². The summed E-state index contributed by atoms with van der Waals surface area (Å²) in [5, 5.41) is 8.39. The molecule has 0 saturated carbocycles. The number of pyridine rings is 1. The number of sulfonamides is 1. The van der Waals surface area contributed by atoms with Crippen molar-refractivity contribution in [3.05, 3.63) is 18.0 Å². The average molecular weight is 374 g/mol. The van der Waals surface area contributed by atoms with Crippen molar-refractivity contribution in [3.8, 4) is 0 Å².